The second kappa shape index (κ2) is 31.0. The second-order valence-electron chi connectivity index (χ2n) is 52.7. The lowest BCUT2D eigenvalue weighted by atomic mass is 9.32. The normalized spacial score (nSPS) is 15.9. The highest BCUT2D eigenvalue weighted by molar-refractivity contribution is 7.01. The van der Waals surface area contributed by atoms with Crippen molar-refractivity contribution in [3.05, 3.63) is 260 Å². The number of fused-ring (bicyclic) bond motifs is 8. The van der Waals surface area contributed by atoms with Crippen molar-refractivity contribution in [2.75, 3.05) is 19.6 Å². The Morgan fingerprint density at radius 3 is 0.600 bits per heavy atom. The van der Waals surface area contributed by atoms with Crippen LogP contribution in [0.15, 0.2) is 182 Å². The van der Waals surface area contributed by atoms with Crippen LogP contribution in [0.5, 0.6) is 23.0 Å². The number of hydrogen-bond donors (Lipinski definition) is 0. The average Bonchev–Trinajstić information content (AvgIpc) is 0.658. The predicted octanol–water partition coefficient (Wildman–Crippen LogP) is 31.6. The number of ether oxygens (including phenoxy) is 2. The molecule has 0 N–H and O–H groups in total. The molecule has 0 saturated heterocycles. The predicted molar refractivity (Wildman–Crippen MR) is 569 cm³/mol. The van der Waals surface area contributed by atoms with E-state index in [1.807, 2.05) is 51.3 Å². The number of anilines is 12. The molecule has 0 radical (unpaired) electrons. The van der Waals surface area contributed by atoms with Crippen molar-refractivity contribution in [3.8, 4) is 23.0 Å². The molecule has 6 nitrogen and oxygen atoms in total. The van der Waals surface area contributed by atoms with E-state index in [0.29, 0.717) is 34.1 Å². The largest absolute Gasteiger partial charge is 0.458 e. The first-order chi connectivity index (χ1) is 64.3. The van der Waals surface area contributed by atoms with Crippen molar-refractivity contribution in [3.63, 3.8) is 0 Å². The van der Waals surface area contributed by atoms with Crippen molar-refractivity contribution in [2.45, 2.75) is 367 Å². The van der Waals surface area contributed by atoms with E-state index in [-0.39, 0.29) is 174 Å². The molecule has 682 valence electrons. The van der Waals surface area contributed by atoms with Gasteiger partial charge in [-0.25, -0.2) is 0 Å². The summed E-state index contributed by atoms with van der Waals surface area (Å²) in [4.78, 5) is 7.98. The Bertz CT molecular complexity index is 6340. The van der Waals surface area contributed by atoms with Gasteiger partial charge in [-0.1, -0.05) is 351 Å². The lowest BCUT2D eigenvalue weighted by Gasteiger charge is -2.44. The summed E-state index contributed by atoms with van der Waals surface area (Å²) in [6.07, 6.45) is 0. The fraction of sp³-hybridized carbons (Fsp3) is 0.459. The summed E-state index contributed by atoms with van der Waals surface area (Å²) in [6, 6.07) is 36.5. The van der Waals surface area contributed by atoms with E-state index in [2.05, 4.69) is 368 Å². The molecule has 0 fully saturated rings. The summed E-state index contributed by atoms with van der Waals surface area (Å²) in [7, 11) is 0. The molecule has 130 heavy (non-hydrogen) atoms. The van der Waals surface area contributed by atoms with E-state index in [9.17, 15) is 16.4 Å². The van der Waals surface area contributed by atoms with Gasteiger partial charge in [-0.05, 0) is 296 Å². The minimum absolute atomic E-state index is 0.0312. The lowest BCUT2D eigenvalue weighted by Crippen LogP contribution is -2.62. The standard InChI is InChI=1S/C122H156B2N4O2/c1-109(2,3)73-43-45-95-99(65-73)127(91-61-83(119(31,32)33)51-84(62-91)120(34,35)36)101-67-93(125(87-53-75(111(7,8)9)47-76(54-87)112(10,11)12)88-55-77(113(13,14)15)48-78(56-88)114(16,17)18)69-105-107(101)123(95)97-71-104-98(72-103(97)129-105)124-96-46-44-74(110(4,5)6)66-100(96)128(92-63-85(121(37,38)39)52-86(64-92)122(40,41)42)102-68-94(70-106(130-104)108(102)124)126(89-57-79(115(19,20)21)49-80(58-89)116(22,23)24)90-59-81(117(25,26)27)50-82(60-90)118(28,29)30/h43-72H,1-42H3/i43D,44D,45D,46D,65D,66D,67D,68D,69D,70D,71D,72D. The van der Waals surface area contributed by atoms with Crippen molar-refractivity contribution >= 4 is 114 Å². The van der Waals surface area contributed by atoms with Crippen LogP contribution in [0.1, 0.15) is 385 Å². The molecule has 0 aliphatic carbocycles. The maximum absolute atomic E-state index is 12.1. The fourth-order valence-corrected chi connectivity index (χ4v) is 17.9. The van der Waals surface area contributed by atoms with Gasteiger partial charge in [-0.15, -0.1) is 0 Å². The summed E-state index contributed by atoms with van der Waals surface area (Å²) >= 11 is 0. The van der Waals surface area contributed by atoms with E-state index >= 15 is 0 Å². The minimum Gasteiger partial charge on any atom is -0.458 e. The molecule has 4 aliphatic rings. The molecule has 11 aromatic carbocycles. The van der Waals surface area contributed by atoms with Crippen molar-refractivity contribution in [2.24, 2.45) is 0 Å². The minimum atomic E-state index is -1.52. The Morgan fingerprint density at radius 2 is 0.400 bits per heavy atom. The molecule has 0 saturated carbocycles. The topological polar surface area (TPSA) is 31.4 Å². The van der Waals surface area contributed by atoms with Gasteiger partial charge >= 0.3 is 0 Å². The van der Waals surface area contributed by atoms with Crippen LogP contribution in [0.3, 0.4) is 0 Å². The van der Waals surface area contributed by atoms with Crippen LogP contribution in [0.2, 0.25) is 0 Å². The van der Waals surface area contributed by atoms with Gasteiger partial charge in [0.05, 0.1) is 27.8 Å². The molecule has 11 aromatic rings. The van der Waals surface area contributed by atoms with Crippen LogP contribution >= 0.6 is 0 Å². The second-order valence-corrected chi connectivity index (χ2v) is 52.7. The number of nitrogens with zero attached hydrogens (tertiary/aromatic N) is 4. The number of benzene rings is 11. The molecule has 0 atom stereocenters. The smallest absolute Gasteiger partial charge is 0.256 e. The molecule has 0 bridgehead atoms. The molecule has 0 spiro atoms. The van der Waals surface area contributed by atoms with Crippen LogP contribution in [-0.2, 0) is 75.8 Å². The molecule has 4 aliphatic heterocycles. The van der Waals surface area contributed by atoms with Gasteiger partial charge in [0.2, 0.25) is 0 Å². The molecule has 0 aromatic heterocycles. The SMILES string of the molecule is [2H]c1c2c(c([2H])c3c1B1c4c([2H])c([2H])c(C(C)(C)C)c([2H])c4N(c4cc(C(C)(C)C)cc(C(C)(C)C)c4)c4c([2H])c(N(c5cc(C(C)(C)C)cc(C(C)(C)C)c5)c5cc(C(C)(C)C)cc(C(C)(C)C)c5)c([2H])c(c41)O3)B1c3c([2H])c([2H])c(C(C)(C)C)c([2H])c3N(c3cc(C(C)(C)C)cc(C(C)(C)C)c3)c3c([2H])c(N(c4cc(C(C)(C)C)cc(C(C)(C)C)c4)c4cc(C(C)(C)C)cc(C(C)(C)C)c4)c([2H])c(c31)O2. The van der Waals surface area contributed by atoms with Gasteiger partial charge in [0.25, 0.3) is 13.4 Å². The van der Waals surface area contributed by atoms with Gasteiger partial charge in [-0.2, -0.15) is 0 Å². The number of rotatable bonds is 8. The zero-order chi connectivity index (χ0) is 106. The maximum atomic E-state index is 12.1. The summed E-state index contributed by atoms with van der Waals surface area (Å²) < 4.78 is 154. The number of hydrogen-bond acceptors (Lipinski definition) is 6. The van der Waals surface area contributed by atoms with Crippen LogP contribution in [0, 0.1) is 0 Å². The van der Waals surface area contributed by atoms with Gasteiger partial charge in [-0.3, -0.25) is 0 Å². The summed E-state index contributed by atoms with van der Waals surface area (Å²) in [5.74, 6) is -0.706. The maximum Gasteiger partial charge on any atom is 0.256 e. The molecular weight excluding hydrogens is 1570 g/mol. The Kier molecular flexibility index (Phi) is 19.1. The molecule has 8 heteroatoms. The van der Waals surface area contributed by atoms with E-state index in [0.717, 1.165) is 66.8 Å². The molecule has 0 amide bonds. The van der Waals surface area contributed by atoms with Crippen LogP contribution < -0.4 is 61.9 Å². The van der Waals surface area contributed by atoms with Crippen LogP contribution in [0.4, 0.5) is 68.2 Å². The molecule has 4 heterocycles. The third-order valence-corrected chi connectivity index (χ3v) is 27.0. The fourth-order valence-electron chi connectivity index (χ4n) is 17.9. The summed E-state index contributed by atoms with van der Waals surface area (Å²) in [6.45, 7) is 87.3. The summed E-state index contributed by atoms with van der Waals surface area (Å²) in [5.41, 5.74) is 9.72. The van der Waals surface area contributed by atoms with Gasteiger partial charge in [0.15, 0.2) is 0 Å². The Labute approximate surface area is 804 Å². The molecular formula is C122H156B2N4O2. The van der Waals surface area contributed by atoms with E-state index in [1.54, 1.807) is 0 Å². The van der Waals surface area contributed by atoms with Crippen molar-refractivity contribution in [1.82, 2.24) is 0 Å². The van der Waals surface area contributed by atoms with Gasteiger partial charge in [0, 0.05) is 69.0 Å². The third-order valence-electron chi connectivity index (χ3n) is 27.0. The van der Waals surface area contributed by atoms with E-state index < -0.39 is 89.2 Å². The lowest BCUT2D eigenvalue weighted by molar-refractivity contribution is 0.476. The molecule has 15 rings (SSSR count). The Morgan fingerprint density at radius 1 is 0.200 bits per heavy atom. The first kappa shape index (κ1) is 80.0. The zero-order valence-corrected chi connectivity index (χ0v) is 87.2. The van der Waals surface area contributed by atoms with Crippen molar-refractivity contribution in [1.29, 1.82) is 0 Å². The highest BCUT2D eigenvalue weighted by atomic mass is 16.5. The molecule has 0 unspecified atom stereocenters. The van der Waals surface area contributed by atoms with Crippen LogP contribution in [0.25, 0.3) is 0 Å². The van der Waals surface area contributed by atoms with E-state index in [4.69, 9.17) is 9.47 Å². The Balaban J connectivity index is 1.21. The van der Waals surface area contributed by atoms with E-state index in [1.165, 1.54) is 0 Å². The van der Waals surface area contributed by atoms with Gasteiger partial charge < -0.3 is 29.1 Å². The highest BCUT2D eigenvalue weighted by Gasteiger charge is 2.50. The van der Waals surface area contributed by atoms with Crippen molar-refractivity contribution < 1.29 is 25.9 Å². The quantitative estimate of drug-likeness (QED) is 0.141. The van der Waals surface area contributed by atoms with Crippen LogP contribution in [-0.4, -0.2) is 13.4 Å². The zero-order valence-electron chi connectivity index (χ0n) is 99.2. The average molecular weight is 1740 g/mol. The highest BCUT2D eigenvalue weighted by Crippen LogP contribution is 2.55. The Hall–Kier alpha value is -9.65. The monoisotopic (exact) mass is 1740 g/mol. The first-order valence-electron chi connectivity index (χ1n) is 53.6. The first-order valence-corrected chi connectivity index (χ1v) is 47.6. The summed E-state index contributed by atoms with van der Waals surface area (Å²) in [5, 5.41) is 0. The van der Waals surface area contributed by atoms with Gasteiger partial charge in [0.1, 0.15) is 23.0 Å². The third kappa shape index (κ3) is 18.1.